The number of esters is 1. The Labute approximate surface area is 152 Å². The summed E-state index contributed by atoms with van der Waals surface area (Å²) in [6, 6.07) is 9.04. The summed E-state index contributed by atoms with van der Waals surface area (Å²) in [5.74, 6) is 0.0778. The quantitative estimate of drug-likeness (QED) is 0.639. The zero-order valence-corrected chi connectivity index (χ0v) is 15.3. The summed E-state index contributed by atoms with van der Waals surface area (Å²) in [5, 5.41) is 2.66. The molecule has 2 rings (SSSR count). The van der Waals surface area contributed by atoms with E-state index in [2.05, 4.69) is 17.1 Å². The van der Waals surface area contributed by atoms with E-state index in [1.807, 2.05) is 18.2 Å². The van der Waals surface area contributed by atoms with Crippen molar-refractivity contribution in [2.45, 2.75) is 19.8 Å². The molecular formula is C17H22N2O3S2. The van der Waals surface area contributed by atoms with Crippen LogP contribution in [0.25, 0.3) is 0 Å². The van der Waals surface area contributed by atoms with Gasteiger partial charge in [0.2, 0.25) is 0 Å². The summed E-state index contributed by atoms with van der Waals surface area (Å²) >= 11 is 6.65. The maximum atomic E-state index is 11.7. The lowest BCUT2D eigenvalue weighted by molar-refractivity contribution is -0.144. The number of carbonyl (C=O) groups is 2. The van der Waals surface area contributed by atoms with Gasteiger partial charge in [-0.2, -0.15) is 0 Å². The molecule has 1 saturated heterocycles. The second-order valence-corrected chi connectivity index (χ2v) is 7.41. The maximum absolute atomic E-state index is 11.7. The Morgan fingerprint density at radius 2 is 1.96 bits per heavy atom. The highest BCUT2D eigenvalue weighted by Gasteiger charge is 2.19. The van der Waals surface area contributed by atoms with E-state index in [0.29, 0.717) is 5.69 Å². The van der Waals surface area contributed by atoms with Crippen LogP contribution in [0, 0.1) is 5.92 Å². The second-order valence-electron chi connectivity index (χ2n) is 5.80. The first kappa shape index (κ1) is 18.7. The van der Waals surface area contributed by atoms with E-state index < -0.39 is 5.97 Å². The van der Waals surface area contributed by atoms with Gasteiger partial charge >= 0.3 is 5.97 Å². The van der Waals surface area contributed by atoms with Crippen molar-refractivity contribution in [2.24, 2.45) is 5.92 Å². The molecule has 0 saturated carbocycles. The molecule has 5 nitrogen and oxygen atoms in total. The molecule has 1 aliphatic rings. The van der Waals surface area contributed by atoms with Crippen LogP contribution in [0.15, 0.2) is 30.3 Å². The number of para-hydroxylation sites is 1. The van der Waals surface area contributed by atoms with Crippen molar-refractivity contribution in [1.82, 2.24) is 4.90 Å². The van der Waals surface area contributed by atoms with Crippen molar-refractivity contribution in [3.05, 3.63) is 30.3 Å². The number of hydrogen-bond donors (Lipinski definition) is 1. The zero-order valence-electron chi connectivity index (χ0n) is 13.7. The number of rotatable bonds is 5. The van der Waals surface area contributed by atoms with Crippen molar-refractivity contribution in [3.8, 4) is 0 Å². The molecule has 1 N–H and O–H groups in total. The average Bonchev–Trinajstić information content (AvgIpc) is 2.59. The molecule has 1 aromatic carbocycles. The number of anilines is 1. The van der Waals surface area contributed by atoms with Crippen LogP contribution in [-0.2, 0) is 14.3 Å². The molecule has 0 aliphatic carbocycles. The minimum Gasteiger partial charge on any atom is -0.455 e. The molecule has 130 valence electrons. The molecule has 7 heteroatoms. The number of ether oxygens (including phenoxy) is 1. The molecule has 0 aromatic heterocycles. The fraction of sp³-hybridized carbons (Fsp3) is 0.471. The van der Waals surface area contributed by atoms with Gasteiger partial charge in [-0.1, -0.05) is 49.1 Å². The first-order chi connectivity index (χ1) is 11.5. The predicted octanol–water partition coefficient (Wildman–Crippen LogP) is 2.92. The van der Waals surface area contributed by atoms with Gasteiger partial charge < -0.3 is 15.0 Å². The lowest BCUT2D eigenvalue weighted by Gasteiger charge is -2.31. The van der Waals surface area contributed by atoms with E-state index >= 15 is 0 Å². The van der Waals surface area contributed by atoms with E-state index in [0.717, 1.165) is 36.2 Å². The van der Waals surface area contributed by atoms with E-state index in [9.17, 15) is 9.59 Å². The van der Waals surface area contributed by atoms with Crippen molar-refractivity contribution in [1.29, 1.82) is 0 Å². The second kappa shape index (κ2) is 9.64. The first-order valence-corrected chi connectivity index (χ1v) is 9.36. The number of amides is 1. The SMILES string of the molecule is CC1CCN(C(=S)SCC(=O)OCC(=O)Nc2ccccc2)CC1. The molecule has 0 atom stereocenters. The fourth-order valence-electron chi connectivity index (χ4n) is 2.31. The van der Waals surface area contributed by atoms with Crippen molar-refractivity contribution in [3.63, 3.8) is 0 Å². The zero-order chi connectivity index (χ0) is 17.4. The molecule has 1 aliphatic heterocycles. The van der Waals surface area contributed by atoms with Gasteiger partial charge in [0.25, 0.3) is 5.91 Å². The number of thioether (sulfide) groups is 1. The third-order valence-corrected chi connectivity index (χ3v) is 5.27. The molecule has 0 bridgehead atoms. The number of piperidine rings is 1. The van der Waals surface area contributed by atoms with Crippen LogP contribution in [0.3, 0.4) is 0 Å². The highest BCUT2D eigenvalue weighted by atomic mass is 32.2. The Balaban J connectivity index is 1.62. The number of nitrogens with one attached hydrogen (secondary N) is 1. The van der Waals surface area contributed by atoms with Gasteiger partial charge in [0, 0.05) is 18.8 Å². The van der Waals surface area contributed by atoms with E-state index in [4.69, 9.17) is 17.0 Å². The highest BCUT2D eigenvalue weighted by molar-refractivity contribution is 8.23. The summed E-state index contributed by atoms with van der Waals surface area (Å²) in [5.41, 5.74) is 0.674. The van der Waals surface area contributed by atoms with Gasteiger partial charge in [0.1, 0.15) is 4.32 Å². The van der Waals surface area contributed by atoms with Crippen LogP contribution in [0.1, 0.15) is 19.8 Å². The third-order valence-electron chi connectivity index (χ3n) is 3.78. The largest absolute Gasteiger partial charge is 0.455 e. The smallest absolute Gasteiger partial charge is 0.316 e. The minimum atomic E-state index is -0.434. The summed E-state index contributed by atoms with van der Waals surface area (Å²) in [4.78, 5) is 25.6. The Morgan fingerprint density at radius 1 is 1.29 bits per heavy atom. The molecular weight excluding hydrogens is 344 g/mol. The van der Waals surface area contributed by atoms with Gasteiger partial charge in [0.05, 0.1) is 5.75 Å². The Kier molecular flexibility index (Phi) is 7.52. The standard InChI is InChI=1S/C17H22N2O3S2/c1-13-7-9-19(10-8-13)17(23)24-12-16(21)22-11-15(20)18-14-5-3-2-4-6-14/h2-6,13H,7-12H2,1H3,(H,18,20). The topological polar surface area (TPSA) is 58.6 Å². The van der Waals surface area contributed by atoms with Crippen LogP contribution >= 0.6 is 24.0 Å². The normalized spacial score (nSPS) is 15.0. The number of thiocarbonyl (C=S) groups is 1. The molecule has 24 heavy (non-hydrogen) atoms. The molecule has 1 fully saturated rings. The number of hydrogen-bond acceptors (Lipinski definition) is 5. The first-order valence-electron chi connectivity index (χ1n) is 7.97. The van der Waals surface area contributed by atoms with Crippen LogP contribution < -0.4 is 5.32 Å². The summed E-state index contributed by atoms with van der Waals surface area (Å²) in [6.45, 7) is 3.84. The minimum absolute atomic E-state index is 0.128. The van der Waals surface area contributed by atoms with Gasteiger partial charge in [-0.15, -0.1) is 0 Å². The Hall–Kier alpha value is -1.60. The van der Waals surface area contributed by atoms with Gasteiger partial charge in [0.15, 0.2) is 6.61 Å². The summed E-state index contributed by atoms with van der Waals surface area (Å²) in [6.07, 6.45) is 2.26. The van der Waals surface area contributed by atoms with Crippen molar-refractivity contribution >= 4 is 45.9 Å². The molecule has 0 unspecified atom stereocenters. The number of likely N-dealkylation sites (tertiary alicyclic amines) is 1. The van der Waals surface area contributed by atoms with Crippen LogP contribution in [0.2, 0.25) is 0 Å². The molecule has 1 aromatic rings. The number of carbonyl (C=O) groups excluding carboxylic acids is 2. The van der Waals surface area contributed by atoms with Crippen LogP contribution in [0.5, 0.6) is 0 Å². The van der Waals surface area contributed by atoms with Crippen molar-refractivity contribution < 1.29 is 14.3 Å². The van der Waals surface area contributed by atoms with E-state index in [1.54, 1.807) is 12.1 Å². The number of nitrogens with zero attached hydrogens (tertiary/aromatic N) is 1. The lowest BCUT2D eigenvalue weighted by Crippen LogP contribution is -2.35. The van der Waals surface area contributed by atoms with Crippen LogP contribution in [0.4, 0.5) is 5.69 Å². The molecule has 1 heterocycles. The Morgan fingerprint density at radius 3 is 2.62 bits per heavy atom. The van der Waals surface area contributed by atoms with E-state index in [1.165, 1.54) is 11.8 Å². The molecule has 0 radical (unpaired) electrons. The number of benzene rings is 1. The molecule has 0 spiro atoms. The van der Waals surface area contributed by atoms with Gasteiger partial charge in [-0.3, -0.25) is 9.59 Å². The summed E-state index contributed by atoms with van der Waals surface area (Å²) in [7, 11) is 0. The average molecular weight is 367 g/mol. The van der Waals surface area contributed by atoms with Gasteiger partial charge in [-0.25, -0.2) is 0 Å². The maximum Gasteiger partial charge on any atom is 0.316 e. The van der Waals surface area contributed by atoms with E-state index in [-0.39, 0.29) is 18.3 Å². The monoisotopic (exact) mass is 366 g/mol. The highest BCUT2D eigenvalue weighted by Crippen LogP contribution is 2.20. The lowest BCUT2D eigenvalue weighted by atomic mass is 10.00. The Bertz CT molecular complexity index is 572. The third kappa shape index (κ3) is 6.49. The van der Waals surface area contributed by atoms with Gasteiger partial charge in [-0.05, 0) is 30.9 Å². The predicted molar refractivity (Wildman–Crippen MR) is 101 cm³/mol. The van der Waals surface area contributed by atoms with Crippen molar-refractivity contribution in [2.75, 3.05) is 30.8 Å². The fourth-order valence-corrected chi connectivity index (χ4v) is 3.36. The van der Waals surface area contributed by atoms with Crippen LogP contribution in [-0.4, -0.2) is 46.5 Å². The molecule has 1 amide bonds. The summed E-state index contributed by atoms with van der Waals surface area (Å²) < 4.78 is 5.71.